The van der Waals surface area contributed by atoms with Crippen molar-refractivity contribution in [2.75, 3.05) is 13.2 Å². The van der Waals surface area contributed by atoms with E-state index in [2.05, 4.69) is 11.4 Å². The van der Waals surface area contributed by atoms with Gasteiger partial charge in [0.15, 0.2) is 0 Å². The lowest BCUT2D eigenvalue weighted by Crippen LogP contribution is -2.46. The highest BCUT2D eigenvalue weighted by Gasteiger charge is 2.36. The van der Waals surface area contributed by atoms with Gasteiger partial charge in [0.2, 0.25) is 5.91 Å². The van der Waals surface area contributed by atoms with E-state index in [0.29, 0.717) is 13.0 Å². The highest BCUT2D eigenvalue weighted by atomic mass is 32.1. The number of amides is 1. The van der Waals surface area contributed by atoms with E-state index in [1.165, 1.54) is 0 Å². The molecule has 0 radical (unpaired) electrons. The van der Waals surface area contributed by atoms with Crippen molar-refractivity contribution in [2.45, 2.75) is 37.7 Å². The van der Waals surface area contributed by atoms with Crippen LogP contribution in [0.15, 0.2) is 54.6 Å². The van der Waals surface area contributed by atoms with Crippen molar-refractivity contribution in [1.29, 1.82) is 0 Å². The molecule has 1 fully saturated rings. The predicted molar refractivity (Wildman–Crippen MR) is 109 cm³/mol. The molecule has 2 aromatic carbocycles. The Bertz CT molecular complexity index is 885. The Morgan fingerprint density at radius 2 is 2.00 bits per heavy atom. The minimum absolute atomic E-state index is 0.0310. The first-order chi connectivity index (χ1) is 13.1. The quantitative estimate of drug-likeness (QED) is 0.701. The number of carbonyl (C=O) groups is 1. The van der Waals surface area contributed by atoms with Crippen LogP contribution in [-0.4, -0.2) is 30.1 Å². The van der Waals surface area contributed by atoms with Crippen LogP contribution < -0.4 is 5.32 Å². The largest absolute Gasteiger partial charge is 0.376 e. The lowest BCUT2D eigenvalue weighted by Gasteiger charge is -2.29. The van der Waals surface area contributed by atoms with E-state index in [4.69, 9.17) is 9.72 Å². The molecule has 2 unspecified atom stereocenters. The molecule has 1 N–H and O–H groups in total. The molecule has 4 rings (SSSR count). The second-order valence-electron chi connectivity index (χ2n) is 7.30. The van der Waals surface area contributed by atoms with Crippen LogP contribution in [0.3, 0.4) is 0 Å². The fraction of sp³-hybridized carbons (Fsp3) is 0.364. The molecule has 0 aliphatic carbocycles. The summed E-state index contributed by atoms with van der Waals surface area (Å²) < 4.78 is 6.81. The summed E-state index contributed by atoms with van der Waals surface area (Å²) in [6.07, 6.45) is 2.80. The fourth-order valence-electron chi connectivity index (χ4n) is 3.62. The van der Waals surface area contributed by atoms with E-state index in [1.54, 1.807) is 11.3 Å². The topological polar surface area (TPSA) is 51.2 Å². The van der Waals surface area contributed by atoms with Gasteiger partial charge in [-0.15, -0.1) is 11.3 Å². The Hall–Kier alpha value is -2.24. The number of hydrogen-bond donors (Lipinski definition) is 1. The number of nitrogens with one attached hydrogen (secondary N) is 1. The van der Waals surface area contributed by atoms with Crippen LogP contribution in [0, 0.1) is 0 Å². The van der Waals surface area contributed by atoms with Crippen LogP contribution in [0.25, 0.3) is 10.2 Å². The third-order valence-corrected chi connectivity index (χ3v) is 6.31. The zero-order valence-corrected chi connectivity index (χ0v) is 16.3. The summed E-state index contributed by atoms with van der Waals surface area (Å²) in [7, 11) is 0. The van der Waals surface area contributed by atoms with Crippen LogP contribution in [-0.2, 0) is 21.4 Å². The number of hydrogen-bond acceptors (Lipinski definition) is 4. The van der Waals surface area contributed by atoms with Crippen molar-refractivity contribution in [3.05, 3.63) is 65.2 Å². The number of para-hydroxylation sites is 1. The van der Waals surface area contributed by atoms with Crippen molar-refractivity contribution >= 4 is 27.5 Å². The van der Waals surface area contributed by atoms with E-state index in [1.807, 2.05) is 55.5 Å². The lowest BCUT2D eigenvalue weighted by atomic mass is 9.78. The second-order valence-corrected chi connectivity index (χ2v) is 8.41. The van der Waals surface area contributed by atoms with Crippen LogP contribution in [0.1, 0.15) is 30.3 Å². The zero-order chi connectivity index (χ0) is 18.7. The van der Waals surface area contributed by atoms with Crippen molar-refractivity contribution in [2.24, 2.45) is 0 Å². The molecule has 1 aliphatic rings. The van der Waals surface area contributed by atoms with E-state index >= 15 is 0 Å². The van der Waals surface area contributed by atoms with Crippen molar-refractivity contribution in [3.8, 4) is 0 Å². The first-order valence-electron chi connectivity index (χ1n) is 9.45. The van der Waals surface area contributed by atoms with Gasteiger partial charge in [0.1, 0.15) is 0 Å². The van der Waals surface area contributed by atoms with Gasteiger partial charge in [0.25, 0.3) is 0 Å². The van der Waals surface area contributed by atoms with Crippen molar-refractivity contribution in [3.63, 3.8) is 0 Å². The van der Waals surface area contributed by atoms with E-state index < -0.39 is 5.41 Å². The Labute approximate surface area is 163 Å². The lowest BCUT2D eigenvalue weighted by molar-refractivity contribution is -0.126. The van der Waals surface area contributed by atoms with Crippen LogP contribution in [0.2, 0.25) is 0 Å². The minimum atomic E-state index is -0.673. The fourth-order valence-corrected chi connectivity index (χ4v) is 4.75. The second kappa shape index (κ2) is 7.79. The molecule has 4 nitrogen and oxygen atoms in total. The van der Waals surface area contributed by atoms with Gasteiger partial charge in [-0.3, -0.25) is 4.79 Å². The van der Waals surface area contributed by atoms with Crippen LogP contribution >= 0.6 is 11.3 Å². The minimum Gasteiger partial charge on any atom is -0.376 e. The molecule has 0 spiro atoms. The number of aromatic nitrogens is 1. The number of nitrogens with zero attached hydrogens (tertiary/aromatic N) is 1. The maximum atomic E-state index is 13.3. The molecule has 3 aromatic rings. The molecule has 1 saturated heterocycles. The molecule has 1 amide bonds. The van der Waals surface area contributed by atoms with Crippen molar-refractivity contribution in [1.82, 2.24) is 10.3 Å². The Kier molecular flexibility index (Phi) is 5.23. The molecule has 1 aromatic heterocycles. The predicted octanol–water partition coefficient (Wildman–Crippen LogP) is 4.09. The molecule has 27 heavy (non-hydrogen) atoms. The van der Waals surface area contributed by atoms with Gasteiger partial charge in [0.05, 0.1) is 26.7 Å². The van der Waals surface area contributed by atoms with Crippen LogP contribution in [0.5, 0.6) is 0 Å². The third-order valence-electron chi connectivity index (χ3n) is 5.27. The number of benzene rings is 2. The zero-order valence-electron chi connectivity index (χ0n) is 15.5. The van der Waals surface area contributed by atoms with Gasteiger partial charge >= 0.3 is 0 Å². The number of rotatable bonds is 6. The summed E-state index contributed by atoms with van der Waals surface area (Å²) in [4.78, 5) is 18.0. The summed E-state index contributed by atoms with van der Waals surface area (Å²) in [5.74, 6) is 0.0310. The highest BCUT2D eigenvalue weighted by Crippen LogP contribution is 2.32. The van der Waals surface area contributed by atoms with E-state index in [-0.39, 0.29) is 12.0 Å². The molecule has 2 atom stereocenters. The van der Waals surface area contributed by atoms with E-state index in [0.717, 1.165) is 40.2 Å². The van der Waals surface area contributed by atoms with Gasteiger partial charge in [-0.05, 0) is 37.5 Å². The molecule has 5 heteroatoms. The summed E-state index contributed by atoms with van der Waals surface area (Å²) in [5.41, 5.74) is 1.33. The third kappa shape index (κ3) is 3.89. The SMILES string of the molecule is CC(Cc1nc2ccccc2s1)(C(=O)NCC1CCCO1)c1ccccc1. The average Bonchev–Trinajstić information content (AvgIpc) is 3.35. The number of ether oxygens (including phenoxy) is 1. The molecule has 1 aliphatic heterocycles. The molecular formula is C22H24N2O2S. The van der Waals surface area contributed by atoms with Gasteiger partial charge in [-0.2, -0.15) is 0 Å². The summed E-state index contributed by atoms with van der Waals surface area (Å²) in [5, 5.41) is 4.11. The number of carbonyl (C=O) groups excluding carboxylic acids is 1. The monoisotopic (exact) mass is 380 g/mol. The smallest absolute Gasteiger partial charge is 0.230 e. The van der Waals surface area contributed by atoms with Gasteiger partial charge in [0, 0.05) is 19.6 Å². The summed E-state index contributed by atoms with van der Waals surface area (Å²) in [6, 6.07) is 18.1. The number of fused-ring (bicyclic) bond motifs is 1. The highest BCUT2D eigenvalue weighted by molar-refractivity contribution is 7.18. The normalized spacial score (nSPS) is 19.1. The Balaban J connectivity index is 1.60. The maximum absolute atomic E-state index is 13.3. The number of thiazole rings is 1. The molecule has 140 valence electrons. The van der Waals surface area contributed by atoms with Crippen molar-refractivity contribution < 1.29 is 9.53 Å². The molecular weight excluding hydrogens is 356 g/mol. The average molecular weight is 381 g/mol. The first kappa shape index (κ1) is 18.1. The van der Waals surface area contributed by atoms with Gasteiger partial charge in [-0.1, -0.05) is 42.5 Å². The van der Waals surface area contributed by atoms with E-state index in [9.17, 15) is 4.79 Å². The Morgan fingerprint density at radius 1 is 1.22 bits per heavy atom. The summed E-state index contributed by atoms with van der Waals surface area (Å²) in [6.45, 7) is 3.38. The first-order valence-corrected chi connectivity index (χ1v) is 10.3. The molecule has 0 bridgehead atoms. The van der Waals surface area contributed by atoms with Gasteiger partial charge < -0.3 is 10.1 Å². The summed E-state index contributed by atoms with van der Waals surface area (Å²) >= 11 is 1.66. The Morgan fingerprint density at radius 3 is 2.74 bits per heavy atom. The molecule has 0 saturated carbocycles. The maximum Gasteiger partial charge on any atom is 0.230 e. The standard InChI is InChI=1S/C22H24N2O2S/c1-22(16-8-3-2-4-9-16,21(25)23-15-17-10-7-13-26-17)14-20-24-18-11-5-6-12-19(18)27-20/h2-6,8-9,11-12,17H,7,10,13-15H2,1H3,(H,23,25). The van der Waals surface area contributed by atoms with Crippen LogP contribution in [0.4, 0.5) is 0 Å². The molecule has 2 heterocycles. The van der Waals surface area contributed by atoms with Gasteiger partial charge in [-0.25, -0.2) is 4.98 Å².